The molecule has 27 heavy (non-hydrogen) atoms. The highest BCUT2D eigenvalue weighted by Crippen LogP contribution is 2.30. The summed E-state index contributed by atoms with van der Waals surface area (Å²) in [4.78, 5) is 0.262. The van der Waals surface area contributed by atoms with E-state index in [1.165, 1.54) is 12.8 Å². The first kappa shape index (κ1) is 22.2. The van der Waals surface area contributed by atoms with E-state index in [-0.39, 0.29) is 10.4 Å². The van der Waals surface area contributed by atoms with Crippen molar-refractivity contribution in [2.45, 2.75) is 82.7 Å². The van der Waals surface area contributed by atoms with Crippen molar-refractivity contribution in [3.63, 3.8) is 0 Å². The Labute approximate surface area is 165 Å². The molecule has 0 saturated heterocycles. The van der Waals surface area contributed by atoms with Gasteiger partial charge < -0.3 is 10.1 Å². The van der Waals surface area contributed by atoms with E-state index in [2.05, 4.69) is 30.8 Å². The first-order valence-electron chi connectivity index (χ1n) is 9.99. The number of unbranched alkanes of at least 4 members (excludes halogenated alkanes) is 1. The fourth-order valence-corrected chi connectivity index (χ4v) is 4.34. The van der Waals surface area contributed by atoms with Gasteiger partial charge >= 0.3 is 0 Å². The third kappa shape index (κ3) is 8.62. The third-order valence-electron chi connectivity index (χ3n) is 4.59. The summed E-state index contributed by atoms with van der Waals surface area (Å²) in [5, 5.41) is 3.46. The number of hydrogen-bond donors (Lipinski definition) is 2. The second-order valence-electron chi connectivity index (χ2n) is 9.35. The number of rotatable bonds is 11. The van der Waals surface area contributed by atoms with Gasteiger partial charge in [0.25, 0.3) is 0 Å². The topological polar surface area (TPSA) is 67.4 Å². The minimum Gasteiger partial charge on any atom is -0.493 e. The van der Waals surface area contributed by atoms with Crippen LogP contribution in [0.1, 0.15) is 66.7 Å². The molecular weight excluding hydrogens is 360 g/mol. The van der Waals surface area contributed by atoms with Gasteiger partial charge in [-0.3, -0.25) is 0 Å². The number of sulfonamides is 1. The Morgan fingerprint density at radius 2 is 1.81 bits per heavy atom. The van der Waals surface area contributed by atoms with Crippen LogP contribution in [0.5, 0.6) is 5.75 Å². The fraction of sp³-hybridized carbons (Fsp3) is 0.714. The van der Waals surface area contributed by atoms with Crippen LogP contribution in [0.4, 0.5) is 0 Å². The molecule has 2 N–H and O–H groups in total. The molecule has 0 amide bonds. The molecule has 1 aromatic rings. The van der Waals surface area contributed by atoms with E-state index in [0.29, 0.717) is 18.3 Å². The van der Waals surface area contributed by atoms with E-state index in [4.69, 9.17) is 4.74 Å². The highest BCUT2D eigenvalue weighted by molar-refractivity contribution is 7.89. The first-order valence-corrected chi connectivity index (χ1v) is 11.5. The minimum absolute atomic E-state index is 0.115. The molecule has 6 heteroatoms. The van der Waals surface area contributed by atoms with Crippen molar-refractivity contribution < 1.29 is 13.2 Å². The van der Waals surface area contributed by atoms with Gasteiger partial charge in [0.2, 0.25) is 10.0 Å². The summed E-state index contributed by atoms with van der Waals surface area (Å²) >= 11 is 0. The summed E-state index contributed by atoms with van der Waals surface area (Å²) in [6.07, 6.45) is 5.18. The van der Waals surface area contributed by atoms with Gasteiger partial charge in [-0.1, -0.05) is 12.5 Å². The second kappa shape index (κ2) is 8.93. The lowest BCUT2D eigenvalue weighted by Gasteiger charge is -2.26. The summed E-state index contributed by atoms with van der Waals surface area (Å²) in [5.74, 6) is 1.26. The lowest BCUT2D eigenvalue weighted by molar-refractivity contribution is 0.299. The Balaban J connectivity index is 1.86. The maximum Gasteiger partial charge on any atom is 0.241 e. The number of hydrogen-bond acceptors (Lipinski definition) is 4. The molecule has 0 aromatic heterocycles. The van der Waals surface area contributed by atoms with Gasteiger partial charge in [-0.25, -0.2) is 13.1 Å². The van der Waals surface area contributed by atoms with Crippen molar-refractivity contribution in [1.29, 1.82) is 0 Å². The average molecular weight is 397 g/mol. The molecule has 0 atom stereocenters. The summed E-state index contributed by atoms with van der Waals surface area (Å²) in [6, 6.07) is 6.79. The van der Waals surface area contributed by atoms with Crippen LogP contribution in [0.25, 0.3) is 0 Å². The van der Waals surface area contributed by atoms with Crippen molar-refractivity contribution in [2.24, 2.45) is 5.92 Å². The Morgan fingerprint density at radius 1 is 1.11 bits per heavy atom. The normalized spacial score (nSPS) is 15.7. The largest absolute Gasteiger partial charge is 0.493 e. The zero-order valence-electron chi connectivity index (χ0n) is 17.5. The molecule has 1 aliphatic rings. The predicted octanol–water partition coefficient (Wildman–Crippen LogP) is 4.09. The van der Waals surface area contributed by atoms with Crippen LogP contribution in [0.3, 0.4) is 0 Å². The Morgan fingerprint density at radius 3 is 2.44 bits per heavy atom. The quantitative estimate of drug-likeness (QED) is 0.553. The lowest BCUT2D eigenvalue weighted by atomic mass is 9.98. The Bertz CT molecular complexity index is 704. The van der Waals surface area contributed by atoms with E-state index >= 15 is 0 Å². The van der Waals surface area contributed by atoms with E-state index in [9.17, 15) is 8.42 Å². The van der Waals surface area contributed by atoms with Gasteiger partial charge in [0.15, 0.2) is 0 Å². The smallest absolute Gasteiger partial charge is 0.241 e. The molecule has 0 radical (unpaired) electrons. The Kier molecular flexibility index (Phi) is 7.33. The zero-order chi connectivity index (χ0) is 20.1. The van der Waals surface area contributed by atoms with Crippen LogP contribution >= 0.6 is 0 Å². The molecule has 154 valence electrons. The number of ether oxygens (including phenoxy) is 1. The molecule has 1 aliphatic carbocycles. The van der Waals surface area contributed by atoms with Crippen molar-refractivity contribution in [1.82, 2.24) is 10.0 Å². The molecule has 0 unspecified atom stereocenters. The SMILES string of the molecule is CC(C)(C)NCCCCC(C)(C)NS(=O)(=O)c1cccc(OCC2CC2)c1. The van der Waals surface area contributed by atoms with Gasteiger partial charge in [-0.05, 0) is 84.9 Å². The van der Waals surface area contributed by atoms with Gasteiger partial charge in [0.05, 0.1) is 11.5 Å². The van der Waals surface area contributed by atoms with Gasteiger partial charge in [0.1, 0.15) is 5.75 Å². The molecule has 0 bridgehead atoms. The standard InChI is InChI=1S/C21H36N2O3S/c1-20(2,3)22-14-7-6-13-21(4,5)23-27(24,25)19-10-8-9-18(15-19)26-16-17-11-12-17/h8-10,15,17,22-23H,6-7,11-14,16H2,1-5H3. The molecule has 1 fully saturated rings. The molecule has 2 rings (SSSR count). The maximum atomic E-state index is 12.8. The highest BCUT2D eigenvalue weighted by Gasteiger charge is 2.26. The summed E-state index contributed by atoms with van der Waals surface area (Å²) in [7, 11) is -3.57. The lowest BCUT2D eigenvalue weighted by Crippen LogP contribution is -2.43. The molecule has 1 saturated carbocycles. The molecule has 0 aliphatic heterocycles. The second-order valence-corrected chi connectivity index (χ2v) is 11.0. The number of nitrogens with one attached hydrogen (secondary N) is 2. The molecule has 0 heterocycles. The van der Waals surface area contributed by atoms with Crippen LogP contribution in [0.15, 0.2) is 29.2 Å². The molecular formula is C21H36N2O3S. The summed E-state index contributed by atoms with van der Waals surface area (Å²) < 4.78 is 34.2. The van der Waals surface area contributed by atoms with Crippen LogP contribution in [0, 0.1) is 5.92 Å². The van der Waals surface area contributed by atoms with E-state index in [1.54, 1.807) is 18.2 Å². The van der Waals surface area contributed by atoms with Crippen LogP contribution in [-0.4, -0.2) is 32.6 Å². The Hall–Kier alpha value is -1.11. The minimum atomic E-state index is -3.57. The summed E-state index contributed by atoms with van der Waals surface area (Å²) in [5.41, 5.74) is -0.380. The van der Waals surface area contributed by atoms with E-state index in [0.717, 1.165) is 25.8 Å². The van der Waals surface area contributed by atoms with Crippen molar-refractivity contribution in [3.8, 4) is 5.75 Å². The monoisotopic (exact) mass is 396 g/mol. The molecule has 0 spiro atoms. The van der Waals surface area contributed by atoms with Crippen LogP contribution < -0.4 is 14.8 Å². The van der Waals surface area contributed by atoms with Gasteiger partial charge in [0, 0.05) is 17.1 Å². The first-order chi connectivity index (χ1) is 12.5. The van der Waals surface area contributed by atoms with Crippen molar-refractivity contribution >= 4 is 10.0 Å². The maximum absolute atomic E-state index is 12.8. The van der Waals surface area contributed by atoms with Gasteiger partial charge in [-0.15, -0.1) is 0 Å². The number of benzene rings is 1. The van der Waals surface area contributed by atoms with Crippen LogP contribution in [0.2, 0.25) is 0 Å². The zero-order valence-corrected chi connectivity index (χ0v) is 18.3. The van der Waals surface area contributed by atoms with Crippen molar-refractivity contribution in [3.05, 3.63) is 24.3 Å². The highest BCUT2D eigenvalue weighted by atomic mass is 32.2. The average Bonchev–Trinajstić information content (AvgIpc) is 3.35. The summed E-state index contributed by atoms with van der Waals surface area (Å²) in [6.45, 7) is 11.9. The molecule has 5 nitrogen and oxygen atoms in total. The fourth-order valence-electron chi connectivity index (χ4n) is 2.86. The van der Waals surface area contributed by atoms with E-state index < -0.39 is 15.6 Å². The third-order valence-corrected chi connectivity index (χ3v) is 6.29. The van der Waals surface area contributed by atoms with E-state index in [1.807, 2.05) is 19.9 Å². The van der Waals surface area contributed by atoms with Crippen molar-refractivity contribution in [2.75, 3.05) is 13.2 Å². The predicted molar refractivity (Wildman–Crippen MR) is 111 cm³/mol. The van der Waals surface area contributed by atoms with Gasteiger partial charge in [-0.2, -0.15) is 0 Å². The molecule has 1 aromatic carbocycles. The van der Waals surface area contributed by atoms with Crippen LogP contribution in [-0.2, 0) is 10.0 Å².